The van der Waals surface area contributed by atoms with Crippen LogP contribution in [0.5, 0.6) is 5.88 Å². The number of halogens is 2. The molecule has 8 rings (SSSR count). The number of likely N-dealkylation sites (tertiary alicyclic amines) is 2. The van der Waals surface area contributed by atoms with E-state index >= 15 is 0 Å². The molecule has 2 amide bonds. The molecule has 2 aromatic heterocycles. The Morgan fingerprint density at radius 3 is 1.65 bits per heavy atom. The van der Waals surface area contributed by atoms with E-state index < -0.39 is 59.6 Å². The van der Waals surface area contributed by atoms with Crippen molar-refractivity contribution in [3.63, 3.8) is 0 Å². The van der Waals surface area contributed by atoms with Crippen LogP contribution in [0.15, 0.2) is 111 Å². The van der Waals surface area contributed by atoms with Gasteiger partial charge in [0.25, 0.3) is 5.56 Å². The molecule has 6 aromatic rings. The number of benzene rings is 4. The standard InChI is InChI=1S/C25H26BrN3O5.C14H9BrN2O.C11H19NO5/c1-25(2,3)34-24(31)29-14-17(13-20(29)23(30)32-4)33-22-21(15-8-7-9-16(26)12-15)27-18-10-5-6-11-19(18)28-22;15-10-5-3-4-9(8-10)13-14(18)17-12-7-2-1-6-11(12)16-13;1-11(2,3)17-10(15)12-6-7(13)5-8(12)9(14)16-4/h5-12,17,20H,13-14H2,1-4H3;1-8H,(H,17,18);7-8,13H,5-6H2,1-4H3/t17-,20+;;7-,8-/m1.0/s1. The van der Waals surface area contributed by atoms with Crippen LogP contribution in [0.25, 0.3) is 44.6 Å². The number of nitrogens with one attached hydrogen (secondary N) is 1. The normalized spacial score (nSPS) is 17.8. The fraction of sp³-hybridized carbons (Fsp3) is 0.360. The van der Waals surface area contributed by atoms with Crippen LogP contribution in [0, 0.1) is 0 Å². The number of β-amino-alcohol motifs (C(OH)–C–C–N with tert-alkyl or cyclic N) is 1. The minimum Gasteiger partial charge on any atom is -0.471 e. The van der Waals surface area contributed by atoms with Gasteiger partial charge < -0.3 is 33.8 Å². The Balaban J connectivity index is 0.000000188. The highest BCUT2D eigenvalue weighted by Gasteiger charge is 2.44. The number of aromatic nitrogens is 4. The lowest BCUT2D eigenvalue weighted by molar-refractivity contribution is -0.146. The van der Waals surface area contributed by atoms with Crippen LogP contribution in [0.4, 0.5) is 9.59 Å². The number of hydrogen-bond acceptors (Lipinski definition) is 14. The fourth-order valence-corrected chi connectivity index (χ4v) is 8.17. The van der Waals surface area contributed by atoms with Gasteiger partial charge in [-0.3, -0.25) is 14.6 Å². The first kappa shape index (κ1) is 51.9. The number of nitrogens with zero attached hydrogens (tertiary/aromatic N) is 5. The van der Waals surface area contributed by atoms with Crippen molar-refractivity contribution in [2.24, 2.45) is 0 Å². The summed E-state index contributed by atoms with van der Waals surface area (Å²) in [7, 11) is 2.55. The Hall–Kier alpha value is -6.44. The van der Waals surface area contributed by atoms with Crippen molar-refractivity contribution in [2.75, 3.05) is 27.3 Å². The Morgan fingerprint density at radius 1 is 0.638 bits per heavy atom. The summed E-state index contributed by atoms with van der Waals surface area (Å²) >= 11 is 6.90. The quantitative estimate of drug-likeness (QED) is 0.118. The zero-order valence-corrected chi connectivity index (χ0v) is 42.6. The van der Waals surface area contributed by atoms with Crippen molar-refractivity contribution >= 4 is 78.1 Å². The number of para-hydroxylation sites is 4. The van der Waals surface area contributed by atoms with E-state index in [4.69, 9.17) is 28.9 Å². The lowest BCUT2D eigenvalue weighted by Crippen LogP contribution is -2.44. The Kier molecular flexibility index (Phi) is 16.8. The van der Waals surface area contributed by atoms with Crippen LogP contribution in [-0.4, -0.2) is 122 Å². The summed E-state index contributed by atoms with van der Waals surface area (Å²) in [6, 6.07) is 28.7. The average Bonchev–Trinajstić information content (AvgIpc) is 3.91. The largest absolute Gasteiger partial charge is 0.471 e. The number of carbonyl (C=O) groups excluding carboxylic acids is 4. The van der Waals surface area contributed by atoms with Gasteiger partial charge in [-0.25, -0.2) is 34.1 Å². The number of aromatic amines is 1. The number of aliphatic hydroxyl groups is 1. The van der Waals surface area contributed by atoms with E-state index in [2.05, 4.69) is 46.6 Å². The van der Waals surface area contributed by atoms with E-state index in [1.54, 1.807) is 41.5 Å². The molecule has 2 N–H and O–H groups in total. The van der Waals surface area contributed by atoms with E-state index in [1.807, 2.05) is 97.1 Å². The highest BCUT2D eigenvalue weighted by molar-refractivity contribution is 9.10. The summed E-state index contributed by atoms with van der Waals surface area (Å²) in [4.78, 5) is 79.9. The number of fused-ring (bicyclic) bond motifs is 2. The summed E-state index contributed by atoms with van der Waals surface area (Å²) < 4.78 is 28.3. The molecular formula is C50H54Br2N6O11. The van der Waals surface area contributed by atoms with Gasteiger partial charge in [0.05, 0.1) is 55.5 Å². The number of aliphatic hydroxyl groups excluding tert-OH is 1. The summed E-state index contributed by atoms with van der Waals surface area (Å²) in [6.45, 7) is 10.8. The Morgan fingerprint density at radius 2 is 1.12 bits per heavy atom. The molecule has 19 heteroatoms. The molecule has 2 aliphatic rings. The van der Waals surface area contributed by atoms with Crippen molar-refractivity contribution in [3.05, 3.63) is 116 Å². The molecule has 2 fully saturated rings. The molecule has 0 bridgehead atoms. The minimum atomic E-state index is -0.812. The van der Waals surface area contributed by atoms with E-state index in [0.29, 0.717) is 22.8 Å². The third kappa shape index (κ3) is 13.9. The van der Waals surface area contributed by atoms with Crippen LogP contribution in [0.1, 0.15) is 54.4 Å². The lowest BCUT2D eigenvalue weighted by Gasteiger charge is -2.27. The van der Waals surface area contributed by atoms with Crippen LogP contribution >= 0.6 is 31.9 Å². The highest BCUT2D eigenvalue weighted by atomic mass is 79.9. The SMILES string of the molecule is COC(=O)[C@@H]1C[C@@H](Oc2nc3ccccc3nc2-c2cccc(Br)c2)CN1C(=O)OC(C)(C)C.COC(=O)[C@@H]1C[C@H](O)CN1C(=O)OC(C)(C)C.O=c1[nH]c2ccccc2nc1-c1cccc(Br)c1. The first-order valence-electron chi connectivity index (χ1n) is 21.9. The monoisotopic (exact) mass is 1070 g/mol. The highest BCUT2D eigenvalue weighted by Crippen LogP contribution is 2.34. The number of carbonyl (C=O) groups is 4. The van der Waals surface area contributed by atoms with Gasteiger partial charge in [-0.15, -0.1) is 0 Å². The second-order valence-corrected chi connectivity index (χ2v) is 19.9. The maximum Gasteiger partial charge on any atom is 0.411 e. The number of hydrogen-bond donors (Lipinski definition) is 2. The first-order valence-corrected chi connectivity index (χ1v) is 23.5. The predicted molar refractivity (Wildman–Crippen MR) is 265 cm³/mol. The Labute approximate surface area is 415 Å². The average molecular weight is 1070 g/mol. The first-order chi connectivity index (χ1) is 32.6. The van der Waals surface area contributed by atoms with Crippen LogP contribution in [0.2, 0.25) is 0 Å². The summed E-state index contributed by atoms with van der Waals surface area (Å²) in [5.41, 5.74) is 4.09. The molecule has 2 aliphatic heterocycles. The Bertz CT molecular complexity index is 2880. The lowest BCUT2D eigenvalue weighted by atomic mass is 10.1. The number of ether oxygens (including phenoxy) is 5. The molecule has 0 spiro atoms. The maximum atomic E-state index is 12.8. The molecule has 4 atom stereocenters. The van der Waals surface area contributed by atoms with Gasteiger partial charge in [-0.2, -0.15) is 0 Å². The van der Waals surface area contributed by atoms with Crippen LogP contribution in [-0.2, 0) is 28.5 Å². The third-order valence-corrected chi connectivity index (χ3v) is 11.3. The zero-order chi connectivity index (χ0) is 50.2. The van der Waals surface area contributed by atoms with Crippen LogP contribution in [0.3, 0.4) is 0 Å². The van der Waals surface area contributed by atoms with Crippen molar-refractivity contribution in [1.29, 1.82) is 0 Å². The van der Waals surface area contributed by atoms with E-state index in [0.717, 1.165) is 36.6 Å². The van der Waals surface area contributed by atoms with E-state index in [1.165, 1.54) is 24.0 Å². The van der Waals surface area contributed by atoms with Gasteiger partial charge in [-0.05, 0) is 90.1 Å². The second kappa shape index (κ2) is 22.3. The van der Waals surface area contributed by atoms with Gasteiger partial charge in [-0.1, -0.05) is 80.4 Å². The molecule has 17 nitrogen and oxygen atoms in total. The van der Waals surface area contributed by atoms with Gasteiger partial charge >= 0.3 is 24.1 Å². The number of H-pyrrole nitrogens is 1. The maximum absolute atomic E-state index is 12.8. The third-order valence-electron chi connectivity index (χ3n) is 10.4. The van der Waals surface area contributed by atoms with Crippen molar-refractivity contribution in [3.8, 4) is 28.4 Å². The molecule has 0 aliphatic carbocycles. The van der Waals surface area contributed by atoms with Crippen molar-refractivity contribution < 1.29 is 48.0 Å². The van der Waals surface area contributed by atoms with Crippen LogP contribution < -0.4 is 10.3 Å². The smallest absolute Gasteiger partial charge is 0.411 e. The molecule has 364 valence electrons. The second-order valence-electron chi connectivity index (χ2n) is 18.0. The predicted octanol–water partition coefficient (Wildman–Crippen LogP) is 8.87. The molecule has 69 heavy (non-hydrogen) atoms. The number of rotatable bonds is 6. The van der Waals surface area contributed by atoms with Crippen molar-refractivity contribution in [1.82, 2.24) is 29.7 Å². The number of methoxy groups -OCH3 is 2. The van der Waals surface area contributed by atoms with E-state index in [-0.39, 0.29) is 31.5 Å². The molecule has 0 radical (unpaired) electrons. The molecule has 4 aromatic carbocycles. The molecule has 0 unspecified atom stereocenters. The molecular weight excluding hydrogens is 1020 g/mol. The minimum absolute atomic E-state index is 0.0919. The number of esters is 2. The molecule has 2 saturated heterocycles. The summed E-state index contributed by atoms with van der Waals surface area (Å²) in [5.74, 6) is -0.724. The van der Waals surface area contributed by atoms with Gasteiger partial charge in [0.15, 0.2) is 0 Å². The number of amides is 2. The molecule has 0 saturated carbocycles. The summed E-state index contributed by atoms with van der Waals surface area (Å²) in [6.07, 6.45) is -1.98. The van der Waals surface area contributed by atoms with E-state index in [9.17, 15) is 29.1 Å². The topological polar surface area (TPSA) is 213 Å². The van der Waals surface area contributed by atoms with Gasteiger partial charge in [0.1, 0.15) is 40.8 Å². The van der Waals surface area contributed by atoms with Crippen molar-refractivity contribution in [2.45, 2.75) is 89.9 Å². The zero-order valence-electron chi connectivity index (χ0n) is 39.4. The van der Waals surface area contributed by atoms with Gasteiger partial charge in [0.2, 0.25) is 5.88 Å². The van der Waals surface area contributed by atoms with Gasteiger partial charge in [0, 0.05) is 32.9 Å². The fourth-order valence-electron chi connectivity index (χ4n) is 7.37. The summed E-state index contributed by atoms with van der Waals surface area (Å²) in [5, 5.41) is 9.50. The molecule has 4 heterocycles.